The fourth-order valence-electron chi connectivity index (χ4n) is 2.08. The Morgan fingerprint density at radius 3 is 2.81 bits per heavy atom. The van der Waals surface area contributed by atoms with Crippen LogP contribution in [0.15, 0.2) is 27.9 Å². The summed E-state index contributed by atoms with van der Waals surface area (Å²) in [6.45, 7) is 1.89. The van der Waals surface area contributed by atoms with E-state index in [1.165, 1.54) is 12.1 Å². The molecule has 1 amide bonds. The molecule has 21 heavy (non-hydrogen) atoms. The van der Waals surface area contributed by atoms with E-state index in [2.05, 4.69) is 5.10 Å². The largest absolute Gasteiger partial charge is 0.459 e. The van der Waals surface area contributed by atoms with E-state index in [4.69, 9.17) is 4.42 Å². The summed E-state index contributed by atoms with van der Waals surface area (Å²) >= 11 is 0. The lowest BCUT2D eigenvalue weighted by Gasteiger charge is -2.32. The van der Waals surface area contributed by atoms with E-state index < -0.39 is 24.2 Å². The van der Waals surface area contributed by atoms with E-state index >= 15 is 0 Å². The summed E-state index contributed by atoms with van der Waals surface area (Å²) in [6, 6.07) is 2.59. The summed E-state index contributed by atoms with van der Waals surface area (Å²) in [5, 5.41) is 13.7. The maximum atomic E-state index is 13.1. The van der Waals surface area contributed by atoms with Gasteiger partial charge in [0.25, 0.3) is 5.72 Å². The number of hydrogen-bond acceptors (Lipinski definition) is 4. The second-order valence-electron chi connectivity index (χ2n) is 4.86. The minimum Gasteiger partial charge on any atom is -0.459 e. The van der Waals surface area contributed by atoms with Crippen molar-refractivity contribution >= 4 is 11.6 Å². The van der Waals surface area contributed by atoms with Gasteiger partial charge in [0.1, 0.15) is 0 Å². The van der Waals surface area contributed by atoms with Crippen molar-refractivity contribution in [3.05, 3.63) is 24.2 Å². The van der Waals surface area contributed by atoms with Crippen LogP contribution in [-0.2, 0) is 0 Å². The molecule has 0 unspecified atom stereocenters. The average molecular weight is 304 g/mol. The van der Waals surface area contributed by atoms with Crippen LogP contribution >= 0.6 is 0 Å². The minimum absolute atomic E-state index is 0.0802. The number of aliphatic hydroxyl groups is 1. The minimum atomic E-state index is -5.01. The van der Waals surface area contributed by atoms with Crippen LogP contribution in [0.2, 0.25) is 0 Å². The first-order valence-electron chi connectivity index (χ1n) is 6.53. The van der Waals surface area contributed by atoms with Crippen molar-refractivity contribution in [1.82, 2.24) is 5.01 Å². The fourth-order valence-corrected chi connectivity index (χ4v) is 2.08. The molecule has 0 aromatic carbocycles. The van der Waals surface area contributed by atoms with Crippen molar-refractivity contribution in [2.75, 3.05) is 0 Å². The summed E-state index contributed by atoms with van der Waals surface area (Å²) in [4.78, 5) is 12.1. The van der Waals surface area contributed by atoms with Gasteiger partial charge in [-0.2, -0.15) is 23.3 Å². The molecule has 5 nitrogen and oxygen atoms in total. The SMILES string of the molecule is CCCCC1=NN(C(=O)c2ccco2)[C@@](O)(C(F)(F)F)C1. The third kappa shape index (κ3) is 2.80. The predicted octanol–water partition coefficient (Wildman–Crippen LogP) is 2.92. The van der Waals surface area contributed by atoms with Crippen LogP contribution in [0.1, 0.15) is 43.2 Å². The Hall–Kier alpha value is -1.83. The number of hydrogen-bond donors (Lipinski definition) is 1. The first kappa shape index (κ1) is 15.6. The lowest BCUT2D eigenvalue weighted by molar-refractivity contribution is -0.297. The monoisotopic (exact) mass is 304 g/mol. The summed E-state index contributed by atoms with van der Waals surface area (Å²) in [5.74, 6) is -1.43. The number of carbonyl (C=O) groups excluding carboxylic acids is 1. The highest BCUT2D eigenvalue weighted by atomic mass is 19.4. The van der Waals surface area contributed by atoms with E-state index in [0.717, 1.165) is 12.7 Å². The van der Waals surface area contributed by atoms with Gasteiger partial charge in [0.15, 0.2) is 5.76 Å². The second-order valence-corrected chi connectivity index (χ2v) is 4.86. The molecule has 0 spiro atoms. The molecule has 0 radical (unpaired) electrons. The van der Waals surface area contributed by atoms with Crippen LogP contribution in [-0.4, -0.2) is 33.6 Å². The van der Waals surface area contributed by atoms with E-state index in [9.17, 15) is 23.1 Å². The number of furan rings is 1. The van der Waals surface area contributed by atoms with E-state index in [0.29, 0.717) is 12.8 Å². The highest BCUT2D eigenvalue weighted by Gasteiger charge is 2.63. The zero-order chi connectivity index (χ0) is 15.7. The second kappa shape index (κ2) is 5.51. The summed E-state index contributed by atoms with van der Waals surface area (Å²) in [5.41, 5.74) is -3.17. The van der Waals surface area contributed by atoms with Gasteiger partial charge in [0, 0.05) is 12.1 Å². The van der Waals surface area contributed by atoms with Gasteiger partial charge in [-0.1, -0.05) is 13.3 Å². The van der Waals surface area contributed by atoms with E-state index in [1.807, 2.05) is 6.92 Å². The number of unbranched alkanes of at least 4 members (excludes halogenated alkanes) is 1. The van der Waals surface area contributed by atoms with Crippen LogP contribution in [0.25, 0.3) is 0 Å². The maximum Gasteiger partial charge on any atom is 0.438 e. The third-order valence-electron chi connectivity index (χ3n) is 3.24. The molecule has 1 aromatic rings. The molecule has 0 bridgehead atoms. The molecule has 0 saturated heterocycles. The average Bonchev–Trinajstić information content (AvgIpc) is 3.03. The molecule has 1 aromatic heterocycles. The van der Waals surface area contributed by atoms with Crippen LogP contribution < -0.4 is 0 Å². The molecule has 1 atom stereocenters. The number of alkyl halides is 3. The van der Waals surface area contributed by atoms with Crippen molar-refractivity contribution in [2.24, 2.45) is 5.10 Å². The van der Waals surface area contributed by atoms with Crippen molar-refractivity contribution in [3.8, 4) is 0 Å². The maximum absolute atomic E-state index is 13.1. The first-order valence-corrected chi connectivity index (χ1v) is 6.53. The topological polar surface area (TPSA) is 66.0 Å². The molecule has 2 heterocycles. The molecule has 1 aliphatic rings. The Morgan fingerprint density at radius 1 is 1.57 bits per heavy atom. The quantitative estimate of drug-likeness (QED) is 0.930. The number of rotatable bonds is 4. The lowest BCUT2D eigenvalue weighted by Crippen LogP contribution is -2.56. The van der Waals surface area contributed by atoms with Gasteiger partial charge in [-0.15, -0.1) is 0 Å². The van der Waals surface area contributed by atoms with E-state index in [1.54, 1.807) is 0 Å². The highest BCUT2D eigenvalue weighted by Crippen LogP contribution is 2.41. The Labute approximate surface area is 119 Å². The molecule has 2 rings (SSSR count). The van der Waals surface area contributed by atoms with Crippen molar-refractivity contribution in [1.29, 1.82) is 0 Å². The van der Waals surface area contributed by atoms with Gasteiger partial charge in [-0.25, -0.2) is 0 Å². The van der Waals surface area contributed by atoms with Gasteiger partial charge in [0.05, 0.1) is 6.26 Å². The fraction of sp³-hybridized carbons (Fsp3) is 0.538. The predicted molar refractivity (Wildman–Crippen MR) is 67.5 cm³/mol. The Morgan fingerprint density at radius 2 is 2.29 bits per heavy atom. The van der Waals surface area contributed by atoms with Crippen molar-refractivity contribution in [3.63, 3.8) is 0 Å². The Kier molecular flexibility index (Phi) is 4.08. The molecule has 0 fully saturated rings. The van der Waals surface area contributed by atoms with Crippen LogP contribution in [0.4, 0.5) is 13.2 Å². The molecule has 0 aliphatic carbocycles. The number of halogens is 3. The number of hydrazone groups is 1. The highest BCUT2D eigenvalue weighted by molar-refractivity contribution is 5.96. The third-order valence-corrected chi connectivity index (χ3v) is 3.24. The Bertz CT molecular complexity index is 539. The molecular weight excluding hydrogens is 289 g/mol. The van der Waals surface area contributed by atoms with Gasteiger partial charge in [-0.3, -0.25) is 4.79 Å². The van der Waals surface area contributed by atoms with Crippen molar-refractivity contribution in [2.45, 2.75) is 44.5 Å². The molecule has 1 N–H and O–H groups in total. The zero-order valence-electron chi connectivity index (χ0n) is 11.4. The first-order chi connectivity index (χ1) is 9.79. The van der Waals surface area contributed by atoms with Gasteiger partial charge in [-0.05, 0) is 25.0 Å². The molecule has 8 heteroatoms. The standard InChI is InChI=1S/C13H15F3N2O3/c1-2-3-5-9-8-12(20,13(14,15)16)18(17-9)11(19)10-6-4-7-21-10/h4,6-7,20H,2-3,5,8H2,1H3/t12-/m0/s1. The summed E-state index contributed by atoms with van der Waals surface area (Å²) < 4.78 is 44.2. The van der Waals surface area contributed by atoms with Crippen molar-refractivity contribution < 1.29 is 27.5 Å². The van der Waals surface area contributed by atoms with Crippen LogP contribution in [0, 0.1) is 0 Å². The zero-order valence-corrected chi connectivity index (χ0v) is 11.4. The molecule has 1 aliphatic heterocycles. The van der Waals surface area contributed by atoms with Crippen LogP contribution in [0.5, 0.6) is 0 Å². The van der Waals surface area contributed by atoms with Gasteiger partial charge in [0.2, 0.25) is 0 Å². The van der Waals surface area contributed by atoms with Gasteiger partial charge >= 0.3 is 12.1 Å². The van der Waals surface area contributed by atoms with E-state index in [-0.39, 0.29) is 16.5 Å². The summed E-state index contributed by atoms with van der Waals surface area (Å²) in [7, 11) is 0. The Balaban J connectivity index is 2.32. The number of amides is 1. The smallest absolute Gasteiger partial charge is 0.438 e. The number of nitrogens with zero attached hydrogens (tertiary/aromatic N) is 2. The van der Waals surface area contributed by atoms with Crippen LogP contribution in [0.3, 0.4) is 0 Å². The lowest BCUT2D eigenvalue weighted by atomic mass is 10.0. The number of carbonyl (C=O) groups is 1. The molecular formula is C13H15F3N2O3. The van der Waals surface area contributed by atoms with Gasteiger partial charge < -0.3 is 9.52 Å². The molecule has 116 valence electrons. The normalized spacial score (nSPS) is 22.5. The molecule has 0 saturated carbocycles. The summed E-state index contributed by atoms with van der Waals surface area (Å²) in [6.07, 6.45) is -2.87.